The molecule has 3 heteroatoms. The predicted octanol–water partition coefficient (Wildman–Crippen LogP) is 6.89. The van der Waals surface area contributed by atoms with Crippen molar-refractivity contribution in [3.05, 3.63) is 53.6 Å². The molecule has 4 aliphatic rings. The van der Waals surface area contributed by atoms with Crippen molar-refractivity contribution in [3.63, 3.8) is 0 Å². The van der Waals surface area contributed by atoms with E-state index in [0.717, 1.165) is 34.9 Å². The van der Waals surface area contributed by atoms with E-state index >= 15 is 0 Å². The molecule has 0 N–H and O–H groups in total. The van der Waals surface area contributed by atoms with Crippen molar-refractivity contribution in [2.45, 2.75) is 50.9 Å². The van der Waals surface area contributed by atoms with Crippen LogP contribution >= 0.6 is 0 Å². The lowest BCUT2D eigenvalue weighted by Gasteiger charge is -2.57. The summed E-state index contributed by atoms with van der Waals surface area (Å²) in [5.41, 5.74) is 4.68. The number of nitrogens with zero attached hydrogens (tertiary/aromatic N) is 2. The van der Waals surface area contributed by atoms with Crippen molar-refractivity contribution < 1.29 is 4.74 Å². The van der Waals surface area contributed by atoms with Crippen molar-refractivity contribution in [2.75, 3.05) is 7.11 Å². The van der Waals surface area contributed by atoms with E-state index in [1.165, 1.54) is 49.7 Å². The Bertz CT molecular complexity index is 836. The summed E-state index contributed by atoms with van der Waals surface area (Å²) in [6.07, 6.45) is 8.34. The summed E-state index contributed by atoms with van der Waals surface area (Å²) in [4.78, 5) is 0. The van der Waals surface area contributed by atoms with Crippen LogP contribution in [0.3, 0.4) is 0 Å². The van der Waals surface area contributed by atoms with E-state index in [1.807, 2.05) is 30.3 Å². The maximum absolute atomic E-state index is 5.96. The Morgan fingerprint density at radius 2 is 1.52 bits per heavy atom. The number of ether oxygens (including phenoxy) is 1. The standard InChI is InChI=1S/C24H28N2O/c1-16-8-21(24-13-17-10-18(14-24)12-19(11-17)15-24)23(27-2)22(9-16)26-25-20-6-4-3-5-7-20/h3-9,17-19H,10-15H2,1-2H3. The molecule has 0 saturated heterocycles. The van der Waals surface area contributed by atoms with Crippen LogP contribution in [0, 0.1) is 24.7 Å². The fraction of sp³-hybridized carbons (Fsp3) is 0.500. The second kappa shape index (κ2) is 6.47. The molecule has 0 aliphatic heterocycles. The molecule has 0 amide bonds. The second-order valence-electron chi connectivity index (χ2n) is 9.10. The van der Waals surface area contributed by atoms with Gasteiger partial charge < -0.3 is 4.74 Å². The van der Waals surface area contributed by atoms with Gasteiger partial charge in [0.15, 0.2) is 0 Å². The number of azo groups is 1. The number of rotatable bonds is 4. The van der Waals surface area contributed by atoms with Crippen LogP contribution in [-0.4, -0.2) is 7.11 Å². The van der Waals surface area contributed by atoms with Crippen molar-refractivity contribution in [2.24, 2.45) is 28.0 Å². The minimum atomic E-state index is 0.295. The summed E-state index contributed by atoms with van der Waals surface area (Å²) in [7, 11) is 1.79. The van der Waals surface area contributed by atoms with Crippen LogP contribution in [-0.2, 0) is 5.41 Å². The van der Waals surface area contributed by atoms with Crippen LogP contribution in [0.2, 0.25) is 0 Å². The van der Waals surface area contributed by atoms with Gasteiger partial charge in [-0.15, -0.1) is 5.11 Å². The number of methoxy groups -OCH3 is 1. The van der Waals surface area contributed by atoms with Gasteiger partial charge >= 0.3 is 0 Å². The first-order valence-electron chi connectivity index (χ1n) is 10.3. The Hall–Kier alpha value is -2.16. The molecule has 0 unspecified atom stereocenters. The predicted molar refractivity (Wildman–Crippen MR) is 108 cm³/mol. The highest BCUT2D eigenvalue weighted by atomic mass is 16.5. The van der Waals surface area contributed by atoms with Crippen LogP contribution in [0.15, 0.2) is 52.7 Å². The van der Waals surface area contributed by atoms with Crippen LogP contribution in [0.4, 0.5) is 11.4 Å². The summed E-state index contributed by atoms with van der Waals surface area (Å²) in [5, 5.41) is 9.05. The zero-order valence-electron chi connectivity index (χ0n) is 16.3. The molecule has 4 bridgehead atoms. The van der Waals surface area contributed by atoms with Crippen LogP contribution in [0.1, 0.15) is 49.7 Å². The van der Waals surface area contributed by atoms with E-state index in [1.54, 1.807) is 7.11 Å². The van der Waals surface area contributed by atoms with Crippen LogP contribution in [0.5, 0.6) is 5.75 Å². The third-order valence-corrected chi connectivity index (χ3v) is 7.06. The quantitative estimate of drug-likeness (QED) is 0.547. The van der Waals surface area contributed by atoms with Gasteiger partial charge in [-0.25, -0.2) is 0 Å². The smallest absolute Gasteiger partial charge is 0.150 e. The van der Waals surface area contributed by atoms with Gasteiger partial charge in [0, 0.05) is 5.56 Å². The molecule has 0 heterocycles. The fourth-order valence-electron chi connectivity index (χ4n) is 6.48. The molecular weight excluding hydrogens is 332 g/mol. The summed E-state index contributed by atoms with van der Waals surface area (Å²) in [5.74, 6) is 3.69. The van der Waals surface area contributed by atoms with Gasteiger partial charge in [0.1, 0.15) is 11.4 Å². The molecule has 4 saturated carbocycles. The maximum Gasteiger partial charge on any atom is 0.150 e. The molecule has 4 fully saturated rings. The Morgan fingerprint density at radius 3 is 2.11 bits per heavy atom. The zero-order chi connectivity index (χ0) is 18.4. The first-order valence-corrected chi connectivity index (χ1v) is 10.3. The van der Waals surface area contributed by atoms with E-state index < -0.39 is 0 Å². The maximum atomic E-state index is 5.96. The topological polar surface area (TPSA) is 34.0 Å². The van der Waals surface area contributed by atoms with Crippen LogP contribution in [0.25, 0.3) is 0 Å². The van der Waals surface area contributed by atoms with Crippen molar-refractivity contribution in [1.29, 1.82) is 0 Å². The van der Waals surface area contributed by atoms with Gasteiger partial charge in [-0.3, -0.25) is 0 Å². The Labute approximate surface area is 161 Å². The monoisotopic (exact) mass is 360 g/mol. The number of aryl methyl sites for hydroxylation is 1. The third-order valence-electron chi connectivity index (χ3n) is 7.06. The van der Waals surface area contributed by atoms with Crippen molar-refractivity contribution in [1.82, 2.24) is 0 Å². The van der Waals surface area contributed by atoms with Gasteiger partial charge in [0.2, 0.25) is 0 Å². The van der Waals surface area contributed by atoms with E-state index in [9.17, 15) is 0 Å². The first-order chi connectivity index (χ1) is 13.1. The lowest BCUT2D eigenvalue weighted by atomic mass is 9.48. The molecule has 0 aromatic heterocycles. The molecular formula is C24H28N2O. The third kappa shape index (κ3) is 2.97. The summed E-state index contributed by atoms with van der Waals surface area (Å²) in [6.45, 7) is 2.17. The lowest BCUT2D eigenvalue weighted by Crippen LogP contribution is -2.48. The highest BCUT2D eigenvalue weighted by Gasteiger charge is 2.52. The molecule has 2 aromatic rings. The molecule has 0 spiro atoms. The zero-order valence-corrected chi connectivity index (χ0v) is 16.3. The first kappa shape index (κ1) is 17.0. The highest BCUT2D eigenvalue weighted by molar-refractivity contribution is 5.61. The SMILES string of the molecule is COc1c(N=Nc2ccccc2)cc(C)cc1C12CC3CC(CC(C3)C1)C2. The number of hydrogen-bond acceptors (Lipinski definition) is 3. The van der Waals surface area contributed by atoms with Crippen molar-refractivity contribution >= 4 is 11.4 Å². The number of hydrogen-bond donors (Lipinski definition) is 0. The minimum absolute atomic E-state index is 0.295. The van der Waals surface area contributed by atoms with Crippen LogP contribution < -0.4 is 4.74 Å². The van der Waals surface area contributed by atoms with Gasteiger partial charge in [-0.1, -0.05) is 24.3 Å². The molecule has 0 atom stereocenters. The van der Waals surface area contributed by atoms with Gasteiger partial charge in [-0.2, -0.15) is 5.11 Å². The normalized spacial score (nSPS) is 31.6. The molecule has 4 aliphatic carbocycles. The number of benzene rings is 2. The molecule has 3 nitrogen and oxygen atoms in total. The lowest BCUT2D eigenvalue weighted by molar-refractivity contribution is -0.00615. The van der Waals surface area contributed by atoms with E-state index in [2.05, 4.69) is 29.3 Å². The van der Waals surface area contributed by atoms with Gasteiger partial charge in [0.05, 0.1) is 12.8 Å². The second-order valence-corrected chi connectivity index (χ2v) is 9.10. The van der Waals surface area contributed by atoms with E-state index in [4.69, 9.17) is 4.74 Å². The Kier molecular flexibility index (Phi) is 4.07. The Balaban J connectivity index is 1.57. The highest BCUT2D eigenvalue weighted by Crippen LogP contribution is 2.62. The largest absolute Gasteiger partial charge is 0.494 e. The minimum Gasteiger partial charge on any atom is -0.494 e. The fourth-order valence-corrected chi connectivity index (χ4v) is 6.48. The molecule has 0 radical (unpaired) electrons. The average molecular weight is 361 g/mol. The van der Waals surface area contributed by atoms with Gasteiger partial charge in [0.25, 0.3) is 0 Å². The molecule has 2 aromatic carbocycles. The van der Waals surface area contributed by atoms with E-state index in [0.29, 0.717) is 5.41 Å². The molecule has 140 valence electrons. The molecule has 27 heavy (non-hydrogen) atoms. The van der Waals surface area contributed by atoms with Gasteiger partial charge in [-0.05, 0) is 92.4 Å². The summed E-state index contributed by atoms with van der Waals surface area (Å²) in [6, 6.07) is 14.4. The summed E-state index contributed by atoms with van der Waals surface area (Å²) >= 11 is 0. The van der Waals surface area contributed by atoms with E-state index in [-0.39, 0.29) is 0 Å². The average Bonchev–Trinajstić information content (AvgIpc) is 2.65. The Morgan fingerprint density at radius 1 is 0.889 bits per heavy atom. The summed E-state index contributed by atoms with van der Waals surface area (Å²) < 4.78 is 5.96. The van der Waals surface area contributed by atoms with Crippen molar-refractivity contribution in [3.8, 4) is 5.75 Å². The molecule has 6 rings (SSSR count).